The highest BCUT2D eigenvalue weighted by Gasteiger charge is 2.12. The van der Waals surface area contributed by atoms with E-state index in [1.165, 1.54) is 16.7 Å². The molecule has 5 nitrogen and oxygen atoms in total. The summed E-state index contributed by atoms with van der Waals surface area (Å²) < 4.78 is 0. The summed E-state index contributed by atoms with van der Waals surface area (Å²) in [4.78, 5) is 21.9. The summed E-state index contributed by atoms with van der Waals surface area (Å²) in [6.07, 6.45) is 19.5. The van der Waals surface area contributed by atoms with E-state index >= 15 is 0 Å². The summed E-state index contributed by atoms with van der Waals surface area (Å²) >= 11 is 0. The number of hydrogen-bond donors (Lipinski definition) is 0. The summed E-state index contributed by atoms with van der Waals surface area (Å²) in [7, 11) is 0. The second kappa shape index (κ2) is 10.1. The third kappa shape index (κ3) is 5.49. The van der Waals surface area contributed by atoms with Crippen LogP contribution in [0.25, 0.3) is 16.8 Å². The average Bonchev–Trinajstić information content (AvgIpc) is 2.79. The Morgan fingerprint density at radius 1 is 1.00 bits per heavy atom. The van der Waals surface area contributed by atoms with Crippen molar-refractivity contribution in [3.8, 4) is 11.3 Å². The lowest BCUT2D eigenvalue weighted by atomic mass is 9.89. The molecule has 4 rings (SSSR count). The first-order valence-electron chi connectivity index (χ1n) is 10.9. The first kappa shape index (κ1) is 21.5. The summed E-state index contributed by atoms with van der Waals surface area (Å²) in [5.41, 5.74) is 7.61. The summed E-state index contributed by atoms with van der Waals surface area (Å²) in [5.74, 6) is 1.15. The highest BCUT2D eigenvalue weighted by Crippen LogP contribution is 2.29. The van der Waals surface area contributed by atoms with Crippen LogP contribution < -0.4 is 0 Å². The minimum Gasteiger partial charge on any atom is -0.262 e. The van der Waals surface area contributed by atoms with Gasteiger partial charge in [0.15, 0.2) is 5.82 Å². The van der Waals surface area contributed by atoms with Crippen LogP contribution in [0.3, 0.4) is 0 Å². The van der Waals surface area contributed by atoms with Crippen LogP contribution in [-0.4, -0.2) is 25.6 Å². The van der Waals surface area contributed by atoms with Crippen molar-refractivity contribution >= 4 is 17.1 Å². The second-order valence-electron chi connectivity index (χ2n) is 8.11. The van der Waals surface area contributed by atoms with Crippen LogP contribution in [0.5, 0.6) is 0 Å². The first-order chi connectivity index (χ1) is 15.6. The molecule has 5 heteroatoms. The molecule has 0 saturated carbocycles. The third-order valence-electron chi connectivity index (χ3n) is 5.43. The van der Waals surface area contributed by atoms with E-state index in [0.29, 0.717) is 11.7 Å². The van der Waals surface area contributed by atoms with Crippen molar-refractivity contribution in [2.45, 2.75) is 33.6 Å². The predicted octanol–water partition coefficient (Wildman–Crippen LogP) is 6.33. The Morgan fingerprint density at radius 3 is 2.66 bits per heavy atom. The molecule has 0 amide bonds. The molecule has 1 aliphatic rings. The van der Waals surface area contributed by atoms with Crippen molar-refractivity contribution in [1.29, 1.82) is 0 Å². The Morgan fingerprint density at radius 2 is 1.91 bits per heavy atom. The van der Waals surface area contributed by atoms with Gasteiger partial charge in [0.05, 0.1) is 11.9 Å². The largest absolute Gasteiger partial charge is 0.262 e. The molecule has 1 atom stereocenters. The van der Waals surface area contributed by atoms with Gasteiger partial charge < -0.3 is 0 Å². The monoisotopic (exact) mass is 421 g/mol. The Kier molecular flexibility index (Phi) is 6.75. The molecule has 0 saturated heterocycles. The van der Waals surface area contributed by atoms with Crippen LogP contribution in [0.2, 0.25) is 0 Å². The third-order valence-corrected chi connectivity index (χ3v) is 5.43. The topological polar surface area (TPSA) is 63.9 Å². The first-order valence-corrected chi connectivity index (χ1v) is 10.9. The maximum Gasteiger partial charge on any atom is 0.151 e. The number of aryl methyl sites for hydroxylation is 1. The fourth-order valence-corrected chi connectivity index (χ4v) is 3.77. The fraction of sp³-hybridized carbons (Fsp3) is 0.222. The van der Waals surface area contributed by atoms with Crippen molar-refractivity contribution in [1.82, 2.24) is 19.9 Å². The zero-order valence-corrected chi connectivity index (χ0v) is 18.7. The molecule has 160 valence electrons. The molecule has 3 heterocycles. The molecule has 3 aromatic heterocycles. The number of nitrogens with zero attached hydrogens (tertiary/aromatic N) is 5. The minimum absolute atomic E-state index is 0.456. The zero-order chi connectivity index (χ0) is 22.3. The van der Waals surface area contributed by atoms with Gasteiger partial charge in [-0.15, -0.1) is 0 Å². The number of aromatic nitrogens is 4. The number of hydrogen-bond acceptors (Lipinski definition) is 5. The number of aliphatic imine (C=N–C) groups is 1. The van der Waals surface area contributed by atoms with Gasteiger partial charge in [0, 0.05) is 48.2 Å². The lowest BCUT2D eigenvalue weighted by Gasteiger charge is -2.17. The Hall–Kier alpha value is -3.73. The van der Waals surface area contributed by atoms with Crippen molar-refractivity contribution in [3.63, 3.8) is 0 Å². The molecule has 0 spiro atoms. The maximum absolute atomic E-state index is 4.71. The van der Waals surface area contributed by atoms with Crippen molar-refractivity contribution in [2.24, 2.45) is 10.9 Å². The van der Waals surface area contributed by atoms with Crippen molar-refractivity contribution in [2.75, 3.05) is 0 Å². The van der Waals surface area contributed by atoms with Crippen LogP contribution >= 0.6 is 0 Å². The van der Waals surface area contributed by atoms with Gasteiger partial charge >= 0.3 is 0 Å². The predicted molar refractivity (Wildman–Crippen MR) is 131 cm³/mol. The van der Waals surface area contributed by atoms with Crippen LogP contribution in [0.1, 0.15) is 37.9 Å². The van der Waals surface area contributed by atoms with Crippen molar-refractivity contribution in [3.05, 3.63) is 96.4 Å². The second-order valence-corrected chi connectivity index (χ2v) is 8.11. The fourth-order valence-electron chi connectivity index (χ4n) is 3.77. The van der Waals surface area contributed by atoms with E-state index in [1.54, 1.807) is 24.8 Å². The number of allylic oxidation sites excluding steroid dienone is 6. The lowest BCUT2D eigenvalue weighted by Crippen LogP contribution is -2.01. The maximum atomic E-state index is 4.71. The van der Waals surface area contributed by atoms with Gasteiger partial charge in [-0.2, -0.15) is 0 Å². The zero-order valence-electron chi connectivity index (χ0n) is 18.7. The van der Waals surface area contributed by atoms with Gasteiger partial charge in [-0.3, -0.25) is 15.0 Å². The van der Waals surface area contributed by atoms with Gasteiger partial charge in [-0.1, -0.05) is 31.2 Å². The number of rotatable bonds is 5. The molecule has 0 bridgehead atoms. The van der Waals surface area contributed by atoms with E-state index in [2.05, 4.69) is 63.3 Å². The molecule has 0 fully saturated rings. The van der Waals surface area contributed by atoms with E-state index in [0.717, 1.165) is 35.5 Å². The lowest BCUT2D eigenvalue weighted by molar-refractivity contribution is 0.763. The Bertz CT molecular complexity index is 1190. The van der Waals surface area contributed by atoms with Crippen LogP contribution in [0.4, 0.5) is 5.82 Å². The molecule has 0 aliphatic heterocycles. The van der Waals surface area contributed by atoms with Crippen molar-refractivity contribution < 1.29 is 0 Å². The molecule has 0 radical (unpaired) electrons. The van der Waals surface area contributed by atoms with Gasteiger partial charge in [-0.05, 0) is 67.2 Å². The van der Waals surface area contributed by atoms with E-state index < -0.39 is 0 Å². The molecular weight excluding hydrogens is 394 g/mol. The quantitative estimate of drug-likeness (QED) is 0.452. The van der Waals surface area contributed by atoms with Crippen LogP contribution in [0, 0.1) is 12.8 Å². The van der Waals surface area contributed by atoms with E-state index in [4.69, 9.17) is 4.99 Å². The molecule has 1 unspecified atom stereocenters. The average molecular weight is 422 g/mol. The smallest absolute Gasteiger partial charge is 0.151 e. The van der Waals surface area contributed by atoms with Crippen LogP contribution in [0.15, 0.2) is 90.1 Å². The SMILES string of the molecule is CC(CC1=C/C=C(c2ccnc(C)c2)C(C)C\C=C\1)=Nc1ccc(-c2cnccn2)cn1. The van der Waals surface area contributed by atoms with Gasteiger partial charge in [-0.25, -0.2) is 9.98 Å². The molecule has 3 aromatic rings. The molecule has 1 aliphatic carbocycles. The molecule has 0 aromatic carbocycles. The standard InChI is InChI=1S/C27H27N5/c1-19-5-4-6-22(7-9-25(19)23-11-12-29-20(2)16-23)15-21(3)32-27-10-8-24(17-31-27)26-18-28-13-14-30-26/h4,6-14,16-19H,5,15H2,1-3H3/b6-4+,22-7+,25-9?,32-21?. The Balaban J connectivity index is 1.51. The van der Waals surface area contributed by atoms with E-state index in [1.807, 2.05) is 32.2 Å². The summed E-state index contributed by atoms with van der Waals surface area (Å²) in [6, 6.07) is 8.15. The van der Waals surface area contributed by atoms with E-state index in [9.17, 15) is 0 Å². The Labute approximate surface area is 189 Å². The highest BCUT2D eigenvalue weighted by molar-refractivity contribution is 5.87. The molecule has 0 N–H and O–H groups in total. The molecular formula is C27H27N5. The number of pyridine rings is 2. The molecule has 32 heavy (non-hydrogen) atoms. The van der Waals surface area contributed by atoms with Crippen LogP contribution in [-0.2, 0) is 0 Å². The van der Waals surface area contributed by atoms with Gasteiger partial charge in [0.25, 0.3) is 0 Å². The summed E-state index contributed by atoms with van der Waals surface area (Å²) in [5, 5.41) is 0. The highest BCUT2D eigenvalue weighted by atomic mass is 14.9. The normalized spacial score (nSPS) is 19.3. The van der Waals surface area contributed by atoms with Gasteiger partial charge in [0.1, 0.15) is 0 Å². The van der Waals surface area contributed by atoms with Gasteiger partial charge in [0.2, 0.25) is 0 Å². The minimum atomic E-state index is 0.456. The van der Waals surface area contributed by atoms with E-state index in [-0.39, 0.29) is 0 Å². The summed E-state index contributed by atoms with van der Waals surface area (Å²) in [6.45, 7) is 6.35.